The number of aryl methyl sites for hydroxylation is 1. The Kier molecular flexibility index (Phi) is 7.41. The van der Waals surface area contributed by atoms with Crippen molar-refractivity contribution in [2.24, 2.45) is 0 Å². The van der Waals surface area contributed by atoms with Gasteiger partial charge < -0.3 is 5.32 Å². The van der Waals surface area contributed by atoms with E-state index in [2.05, 4.69) is 10.2 Å². The zero-order valence-corrected chi connectivity index (χ0v) is 19.9. The SMILES string of the molecule is CCc1ccc(NC(=O)c2ccc(F)c(S(=O)(=O)N3CCN(Cc4ccccc4)CC3)c2)cc1. The minimum absolute atomic E-state index is 0.0854. The lowest BCUT2D eigenvalue weighted by atomic mass is 10.1. The van der Waals surface area contributed by atoms with E-state index in [0.29, 0.717) is 18.8 Å². The fourth-order valence-corrected chi connectivity index (χ4v) is 5.49. The molecule has 8 heteroatoms. The van der Waals surface area contributed by atoms with E-state index in [4.69, 9.17) is 0 Å². The predicted molar refractivity (Wildman–Crippen MR) is 131 cm³/mol. The lowest BCUT2D eigenvalue weighted by Gasteiger charge is -2.34. The molecule has 4 rings (SSSR count). The molecule has 1 N–H and O–H groups in total. The highest BCUT2D eigenvalue weighted by Gasteiger charge is 2.31. The summed E-state index contributed by atoms with van der Waals surface area (Å²) in [4.78, 5) is 14.4. The van der Waals surface area contributed by atoms with Crippen molar-refractivity contribution in [1.29, 1.82) is 0 Å². The largest absolute Gasteiger partial charge is 0.322 e. The molecule has 34 heavy (non-hydrogen) atoms. The Morgan fingerprint density at radius 3 is 2.24 bits per heavy atom. The summed E-state index contributed by atoms with van der Waals surface area (Å²) in [6.45, 7) is 4.38. The number of nitrogens with one attached hydrogen (secondary N) is 1. The third-order valence-corrected chi connectivity index (χ3v) is 7.93. The van der Waals surface area contributed by atoms with Gasteiger partial charge in [-0.1, -0.05) is 49.4 Å². The van der Waals surface area contributed by atoms with Gasteiger partial charge in [0, 0.05) is 44.0 Å². The second kappa shape index (κ2) is 10.5. The zero-order valence-electron chi connectivity index (χ0n) is 19.1. The van der Waals surface area contributed by atoms with Crippen molar-refractivity contribution in [3.63, 3.8) is 0 Å². The van der Waals surface area contributed by atoms with Gasteiger partial charge in [-0.25, -0.2) is 12.8 Å². The van der Waals surface area contributed by atoms with Crippen molar-refractivity contribution in [3.8, 4) is 0 Å². The summed E-state index contributed by atoms with van der Waals surface area (Å²) in [5.41, 5.74) is 2.97. The number of hydrogen-bond donors (Lipinski definition) is 1. The maximum absolute atomic E-state index is 14.6. The van der Waals surface area contributed by atoms with Gasteiger partial charge in [0.15, 0.2) is 0 Å². The number of anilines is 1. The van der Waals surface area contributed by atoms with Crippen molar-refractivity contribution in [3.05, 3.63) is 95.3 Å². The quantitative estimate of drug-likeness (QED) is 0.551. The van der Waals surface area contributed by atoms with Crippen LogP contribution in [0, 0.1) is 5.82 Å². The second-order valence-electron chi connectivity index (χ2n) is 8.32. The van der Waals surface area contributed by atoms with Crippen molar-refractivity contribution < 1.29 is 17.6 Å². The van der Waals surface area contributed by atoms with E-state index in [0.717, 1.165) is 36.2 Å². The summed E-state index contributed by atoms with van der Waals surface area (Å²) in [6, 6.07) is 20.8. The third kappa shape index (κ3) is 5.52. The second-order valence-corrected chi connectivity index (χ2v) is 10.2. The normalized spacial score (nSPS) is 15.2. The first kappa shape index (κ1) is 24.1. The van der Waals surface area contributed by atoms with E-state index in [1.165, 1.54) is 10.4 Å². The van der Waals surface area contributed by atoms with Crippen LogP contribution in [0.1, 0.15) is 28.4 Å². The van der Waals surface area contributed by atoms with Crippen LogP contribution < -0.4 is 5.32 Å². The molecule has 1 aliphatic rings. The Morgan fingerprint density at radius 1 is 0.912 bits per heavy atom. The Bertz CT molecular complexity index is 1240. The van der Waals surface area contributed by atoms with Crippen LogP contribution >= 0.6 is 0 Å². The Hall–Kier alpha value is -3.07. The molecule has 0 radical (unpaired) electrons. The smallest absolute Gasteiger partial charge is 0.255 e. The molecule has 0 saturated carbocycles. The lowest BCUT2D eigenvalue weighted by Crippen LogP contribution is -2.48. The molecular weight excluding hydrogens is 453 g/mol. The van der Waals surface area contributed by atoms with E-state index >= 15 is 0 Å². The lowest BCUT2D eigenvalue weighted by molar-refractivity contribution is 0.102. The molecule has 178 valence electrons. The van der Waals surface area contributed by atoms with E-state index < -0.39 is 26.6 Å². The zero-order chi connectivity index (χ0) is 24.1. The van der Waals surface area contributed by atoms with Crippen LogP contribution in [-0.4, -0.2) is 49.7 Å². The molecule has 3 aromatic carbocycles. The molecule has 1 fully saturated rings. The van der Waals surface area contributed by atoms with Gasteiger partial charge in [0.25, 0.3) is 5.91 Å². The molecule has 6 nitrogen and oxygen atoms in total. The number of rotatable bonds is 7. The summed E-state index contributed by atoms with van der Waals surface area (Å²) in [7, 11) is -4.08. The number of carbonyl (C=O) groups excluding carboxylic acids is 1. The molecule has 1 saturated heterocycles. The van der Waals surface area contributed by atoms with E-state index in [1.807, 2.05) is 49.4 Å². The molecular formula is C26H28FN3O3S. The average molecular weight is 482 g/mol. The highest BCUT2D eigenvalue weighted by molar-refractivity contribution is 7.89. The van der Waals surface area contributed by atoms with Gasteiger partial charge >= 0.3 is 0 Å². The fraction of sp³-hybridized carbons (Fsp3) is 0.269. The van der Waals surface area contributed by atoms with Crippen LogP contribution in [0.15, 0.2) is 77.7 Å². The molecule has 1 heterocycles. The number of hydrogen-bond acceptors (Lipinski definition) is 4. The number of piperazine rings is 1. The summed E-state index contributed by atoms with van der Waals surface area (Å²) in [5, 5.41) is 2.74. The number of amides is 1. The molecule has 0 bridgehead atoms. The average Bonchev–Trinajstić information content (AvgIpc) is 2.85. The minimum Gasteiger partial charge on any atom is -0.322 e. The van der Waals surface area contributed by atoms with Gasteiger partial charge in [-0.2, -0.15) is 4.31 Å². The first-order valence-corrected chi connectivity index (χ1v) is 12.8. The van der Waals surface area contributed by atoms with Crippen molar-refractivity contribution in [2.45, 2.75) is 24.8 Å². The van der Waals surface area contributed by atoms with Crippen LogP contribution in [0.3, 0.4) is 0 Å². The molecule has 1 amide bonds. The van der Waals surface area contributed by atoms with Crippen LogP contribution in [0.25, 0.3) is 0 Å². The number of carbonyl (C=O) groups is 1. The Morgan fingerprint density at radius 2 is 1.59 bits per heavy atom. The third-order valence-electron chi connectivity index (χ3n) is 6.01. The molecule has 0 spiro atoms. The van der Waals surface area contributed by atoms with E-state index in [1.54, 1.807) is 12.1 Å². The molecule has 0 aliphatic carbocycles. The summed E-state index contributed by atoms with van der Waals surface area (Å²) in [6.07, 6.45) is 0.883. The molecule has 1 aliphatic heterocycles. The maximum Gasteiger partial charge on any atom is 0.255 e. The van der Waals surface area contributed by atoms with Gasteiger partial charge in [0.2, 0.25) is 10.0 Å². The topological polar surface area (TPSA) is 69.7 Å². The van der Waals surface area contributed by atoms with Crippen LogP contribution in [-0.2, 0) is 23.0 Å². The minimum atomic E-state index is -4.08. The Labute approximate surface area is 200 Å². The summed E-state index contributed by atoms with van der Waals surface area (Å²) < 4.78 is 42.3. The molecule has 0 unspecified atom stereocenters. The highest BCUT2D eigenvalue weighted by Crippen LogP contribution is 2.23. The fourth-order valence-electron chi connectivity index (χ4n) is 3.98. The van der Waals surface area contributed by atoms with Gasteiger partial charge in [-0.05, 0) is 47.9 Å². The monoisotopic (exact) mass is 481 g/mol. The first-order valence-electron chi connectivity index (χ1n) is 11.3. The number of sulfonamides is 1. The van der Waals surface area contributed by atoms with E-state index in [-0.39, 0.29) is 18.7 Å². The first-order chi connectivity index (χ1) is 16.4. The number of benzene rings is 3. The molecule has 0 atom stereocenters. The summed E-state index contributed by atoms with van der Waals surface area (Å²) in [5.74, 6) is -1.36. The van der Waals surface area contributed by atoms with Crippen LogP contribution in [0.5, 0.6) is 0 Å². The summed E-state index contributed by atoms with van der Waals surface area (Å²) >= 11 is 0. The van der Waals surface area contributed by atoms with Gasteiger partial charge in [-0.15, -0.1) is 0 Å². The maximum atomic E-state index is 14.6. The van der Waals surface area contributed by atoms with Gasteiger partial charge in [0.05, 0.1) is 0 Å². The molecule has 0 aromatic heterocycles. The van der Waals surface area contributed by atoms with Crippen molar-refractivity contribution in [2.75, 3.05) is 31.5 Å². The highest BCUT2D eigenvalue weighted by atomic mass is 32.2. The van der Waals surface area contributed by atoms with Crippen molar-refractivity contribution in [1.82, 2.24) is 9.21 Å². The standard InChI is InChI=1S/C26H28FN3O3S/c1-2-20-8-11-23(12-9-20)28-26(31)22-10-13-24(27)25(18-22)34(32,33)30-16-14-29(15-17-30)19-21-6-4-3-5-7-21/h3-13,18H,2,14-17,19H2,1H3,(H,28,31). The predicted octanol–water partition coefficient (Wildman–Crippen LogP) is 4.15. The number of halogens is 1. The van der Waals surface area contributed by atoms with Crippen LogP contribution in [0.2, 0.25) is 0 Å². The molecule has 3 aromatic rings. The van der Waals surface area contributed by atoms with Gasteiger partial charge in [-0.3, -0.25) is 9.69 Å². The van der Waals surface area contributed by atoms with Crippen molar-refractivity contribution >= 4 is 21.6 Å². The number of nitrogens with zero attached hydrogens (tertiary/aromatic N) is 2. The van der Waals surface area contributed by atoms with E-state index in [9.17, 15) is 17.6 Å². The van der Waals surface area contributed by atoms with Crippen LogP contribution in [0.4, 0.5) is 10.1 Å². The Balaban J connectivity index is 1.45. The van der Waals surface area contributed by atoms with Gasteiger partial charge in [0.1, 0.15) is 10.7 Å².